The van der Waals surface area contributed by atoms with Gasteiger partial charge in [-0.3, -0.25) is 0 Å². The summed E-state index contributed by atoms with van der Waals surface area (Å²) in [5.41, 5.74) is 7.12. The lowest BCUT2D eigenvalue weighted by Crippen LogP contribution is -2.35. The van der Waals surface area contributed by atoms with Crippen molar-refractivity contribution in [3.63, 3.8) is 0 Å². The summed E-state index contributed by atoms with van der Waals surface area (Å²) in [6, 6.07) is 16.5. The Balaban J connectivity index is 1.56. The molecule has 9 heteroatoms. The summed E-state index contributed by atoms with van der Waals surface area (Å²) in [4.78, 5) is 8.26. The lowest BCUT2D eigenvalue weighted by Gasteiger charge is -2.20. The highest BCUT2D eigenvalue weighted by atomic mass is 35.5. The standard InChI is InChI=1S/C24H25ClN4O4/c25-22-18(10-9-14-5-4-8-17(11-14)33-16-6-2-1-3-7-16)23(29-24(26)28-22)27-19-12-15(13-30)20(31)21(19)32/h1-11,15,19-21,30-32H,12-13H2,(H3,26,27,28,29)/t15-,19-,20-,21+/m1/s1. The Morgan fingerprint density at radius 1 is 1.03 bits per heavy atom. The first-order valence-electron chi connectivity index (χ1n) is 10.5. The molecule has 1 aliphatic carbocycles. The topological polar surface area (TPSA) is 134 Å². The summed E-state index contributed by atoms with van der Waals surface area (Å²) >= 11 is 6.35. The number of nitrogens with zero attached hydrogens (tertiary/aromatic N) is 2. The van der Waals surface area contributed by atoms with Crippen LogP contribution in [0.2, 0.25) is 5.15 Å². The van der Waals surface area contributed by atoms with Crippen molar-refractivity contribution in [2.24, 2.45) is 5.92 Å². The quantitative estimate of drug-likeness (QED) is 0.334. The fourth-order valence-electron chi connectivity index (χ4n) is 3.83. The van der Waals surface area contributed by atoms with E-state index < -0.39 is 24.2 Å². The number of para-hydroxylation sites is 1. The molecule has 0 spiro atoms. The van der Waals surface area contributed by atoms with Gasteiger partial charge in [0.05, 0.1) is 17.7 Å². The number of aliphatic hydroxyl groups is 3. The van der Waals surface area contributed by atoms with E-state index in [1.165, 1.54) is 0 Å². The van der Waals surface area contributed by atoms with Crippen LogP contribution in [0.1, 0.15) is 17.5 Å². The van der Waals surface area contributed by atoms with E-state index in [-0.39, 0.29) is 17.7 Å². The van der Waals surface area contributed by atoms with Gasteiger partial charge >= 0.3 is 0 Å². The molecule has 8 nitrogen and oxygen atoms in total. The highest BCUT2D eigenvalue weighted by Crippen LogP contribution is 2.32. The zero-order chi connectivity index (χ0) is 23.4. The van der Waals surface area contributed by atoms with Crippen LogP contribution in [0.4, 0.5) is 11.8 Å². The highest BCUT2D eigenvalue weighted by molar-refractivity contribution is 6.31. The Morgan fingerprint density at radius 2 is 1.79 bits per heavy atom. The van der Waals surface area contributed by atoms with Crippen molar-refractivity contribution in [3.05, 3.63) is 70.9 Å². The number of nitrogen functional groups attached to an aromatic ring is 1. The minimum Gasteiger partial charge on any atom is -0.457 e. The van der Waals surface area contributed by atoms with E-state index in [1.807, 2.05) is 60.7 Å². The first-order chi connectivity index (χ1) is 15.9. The van der Waals surface area contributed by atoms with Gasteiger partial charge < -0.3 is 31.1 Å². The van der Waals surface area contributed by atoms with Gasteiger partial charge in [0.2, 0.25) is 5.95 Å². The van der Waals surface area contributed by atoms with Crippen molar-refractivity contribution in [1.29, 1.82) is 0 Å². The number of aromatic nitrogens is 2. The molecule has 33 heavy (non-hydrogen) atoms. The second-order valence-corrected chi connectivity index (χ2v) is 8.22. The predicted molar refractivity (Wildman–Crippen MR) is 128 cm³/mol. The normalized spacial score (nSPS) is 22.5. The summed E-state index contributed by atoms with van der Waals surface area (Å²) in [5.74, 6) is 1.29. The van der Waals surface area contributed by atoms with E-state index in [0.29, 0.717) is 23.6 Å². The maximum absolute atomic E-state index is 10.3. The fraction of sp³-hybridized carbons (Fsp3) is 0.250. The number of nitrogens with one attached hydrogen (secondary N) is 1. The molecule has 1 aliphatic rings. The zero-order valence-corrected chi connectivity index (χ0v) is 18.4. The lowest BCUT2D eigenvalue weighted by atomic mass is 10.1. The molecule has 0 unspecified atom stereocenters. The van der Waals surface area contributed by atoms with E-state index >= 15 is 0 Å². The van der Waals surface area contributed by atoms with Crippen LogP contribution < -0.4 is 15.8 Å². The molecule has 4 rings (SSSR count). The Bertz CT molecular complexity index is 1130. The Kier molecular flexibility index (Phi) is 7.10. The van der Waals surface area contributed by atoms with E-state index in [0.717, 1.165) is 11.3 Å². The van der Waals surface area contributed by atoms with Crippen LogP contribution in [-0.4, -0.2) is 50.1 Å². The van der Waals surface area contributed by atoms with Crippen LogP contribution in [0.15, 0.2) is 54.6 Å². The van der Waals surface area contributed by atoms with Gasteiger partial charge in [0.25, 0.3) is 0 Å². The van der Waals surface area contributed by atoms with Gasteiger partial charge in [0.15, 0.2) is 0 Å². The van der Waals surface area contributed by atoms with E-state index in [2.05, 4.69) is 15.3 Å². The summed E-state index contributed by atoms with van der Waals surface area (Å²) in [5, 5.41) is 33.1. The average Bonchev–Trinajstić information content (AvgIpc) is 3.07. The Hall–Kier alpha value is -3.17. The Labute approximate surface area is 196 Å². The highest BCUT2D eigenvalue weighted by Gasteiger charge is 2.41. The van der Waals surface area contributed by atoms with Crippen LogP contribution in [0.25, 0.3) is 12.2 Å². The van der Waals surface area contributed by atoms with E-state index in [4.69, 9.17) is 22.1 Å². The summed E-state index contributed by atoms with van der Waals surface area (Å²) in [7, 11) is 0. The molecule has 0 bridgehead atoms. The van der Waals surface area contributed by atoms with Gasteiger partial charge in [-0.2, -0.15) is 4.98 Å². The first-order valence-corrected chi connectivity index (χ1v) is 10.9. The number of halogens is 1. The van der Waals surface area contributed by atoms with Gasteiger partial charge in [0.1, 0.15) is 28.6 Å². The third-order valence-electron chi connectivity index (χ3n) is 5.55. The van der Waals surface area contributed by atoms with Crippen LogP contribution in [0.3, 0.4) is 0 Å². The largest absolute Gasteiger partial charge is 0.457 e. The second-order valence-electron chi connectivity index (χ2n) is 7.87. The van der Waals surface area contributed by atoms with Crippen molar-refractivity contribution in [2.75, 3.05) is 17.7 Å². The number of aliphatic hydroxyl groups excluding tert-OH is 3. The summed E-state index contributed by atoms with van der Waals surface area (Å²) in [6.45, 7) is -0.225. The number of anilines is 2. The maximum Gasteiger partial charge on any atom is 0.223 e. The van der Waals surface area contributed by atoms with Gasteiger partial charge in [0, 0.05) is 12.5 Å². The van der Waals surface area contributed by atoms with Gasteiger partial charge in [-0.25, -0.2) is 4.98 Å². The molecule has 0 radical (unpaired) electrons. The molecule has 6 N–H and O–H groups in total. The predicted octanol–water partition coefficient (Wildman–Crippen LogP) is 3.19. The molecule has 1 heterocycles. The molecule has 3 aromatic rings. The molecule has 2 aromatic carbocycles. The number of hydrogen-bond acceptors (Lipinski definition) is 8. The second kappa shape index (κ2) is 10.2. The molecular weight excluding hydrogens is 444 g/mol. The third kappa shape index (κ3) is 5.43. The first kappa shape index (κ1) is 23.0. The van der Waals surface area contributed by atoms with E-state index in [9.17, 15) is 15.3 Å². The van der Waals surface area contributed by atoms with Crippen LogP contribution in [-0.2, 0) is 0 Å². The molecule has 1 aromatic heterocycles. The minimum absolute atomic E-state index is 0.0235. The van der Waals surface area contributed by atoms with Crippen molar-refractivity contribution in [1.82, 2.24) is 9.97 Å². The SMILES string of the molecule is Nc1nc(Cl)c(C=Cc2cccc(Oc3ccccc3)c2)c(N[C@@H]2C[C@H](CO)[C@@H](O)[C@H]2O)n1. The Morgan fingerprint density at radius 3 is 2.52 bits per heavy atom. The monoisotopic (exact) mass is 468 g/mol. The van der Waals surface area contributed by atoms with Gasteiger partial charge in [-0.05, 0) is 42.3 Å². The fourth-order valence-corrected chi connectivity index (χ4v) is 4.07. The van der Waals surface area contributed by atoms with Gasteiger partial charge in [-0.15, -0.1) is 0 Å². The number of hydrogen-bond donors (Lipinski definition) is 5. The molecular formula is C24H25ClN4O4. The number of ether oxygens (including phenoxy) is 1. The van der Waals surface area contributed by atoms with Crippen LogP contribution in [0.5, 0.6) is 11.5 Å². The third-order valence-corrected chi connectivity index (χ3v) is 5.84. The molecule has 172 valence electrons. The number of rotatable bonds is 7. The van der Waals surface area contributed by atoms with E-state index in [1.54, 1.807) is 6.08 Å². The molecule has 1 fully saturated rings. The van der Waals surface area contributed by atoms with Crippen LogP contribution in [0, 0.1) is 5.92 Å². The molecule has 0 aliphatic heterocycles. The number of nitrogens with two attached hydrogens (primary N) is 1. The zero-order valence-electron chi connectivity index (χ0n) is 17.7. The lowest BCUT2D eigenvalue weighted by molar-refractivity contribution is 0.00445. The maximum atomic E-state index is 10.3. The average molecular weight is 469 g/mol. The van der Waals surface area contributed by atoms with Crippen LogP contribution >= 0.6 is 11.6 Å². The van der Waals surface area contributed by atoms with Crippen molar-refractivity contribution in [3.8, 4) is 11.5 Å². The van der Waals surface area contributed by atoms with Crippen molar-refractivity contribution < 1.29 is 20.1 Å². The van der Waals surface area contributed by atoms with Gasteiger partial charge in [-0.1, -0.05) is 48.0 Å². The minimum atomic E-state index is -1.07. The summed E-state index contributed by atoms with van der Waals surface area (Å²) in [6.07, 6.45) is 1.84. The molecule has 0 saturated heterocycles. The van der Waals surface area contributed by atoms with Crippen molar-refractivity contribution in [2.45, 2.75) is 24.7 Å². The summed E-state index contributed by atoms with van der Waals surface area (Å²) < 4.78 is 5.88. The smallest absolute Gasteiger partial charge is 0.223 e. The molecule has 1 saturated carbocycles. The molecule has 0 amide bonds. The number of benzene rings is 2. The van der Waals surface area contributed by atoms with Crippen molar-refractivity contribution >= 4 is 35.5 Å². The molecule has 4 atom stereocenters.